The fraction of sp³-hybridized carbons (Fsp3) is 0.958. The summed E-state index contributed by atoms with van der Waals surface area (Å²) in [7, 11) is 0. The van der Waals surface area contributed by atoms with Gasteiger partial charge in [0.05, 0.1) is 12.2 Å². The molecule has 0 amide bonds. The van der Waals surface area contributed by atoms with Crippen LogP contribution in [0.15, 0.2) is 0 Å². The van der Waals surface area contributed by atoms with Crippen LogP contribution in [0, 0.1) is 46.3 Å². The Labute approximate surface area is 170 Å². The second kappa shape index (κ2) is 7.27. The Morgan fingerprint density at radius 3 is 2.54 bits per heavy atom. The molecule has 4 rings (SSSR count). The number of aliphatic hydroxyl groups is 2. The summed E-state index contributed by atoms with van der Waals surface area (Å²) >= 11 is 0. The minimum atomic E-state index is -0.693. The quantitative estimate of drug-likeness (QED) is 0.659. The number of carboxylic acids is 1. The van der Waals surface area contributed by atoms with Crippen molar-refractivity contribution in [2.24, 2.45) is 46.3 Å². The van der Waals surface area contributed by atoms with Crippen LogP contribution in [0.3, 0.4) is 0 Å². The van der Waals surface area contributed by atoms with Gasteiger partial charge in [0.25, 0.3) is 0 Å². The Hall–Kier alpha value is -0.610. The van der Waals surface area contributed by atoms with Gasteiger partial charge in [-0.05, 0) is 104 Å². The van der Waals surface area contributed by atoms with Crippen LogP contribution >= 0.6 is 0 Å². The van der Waals surface area contributed by atoms with Crippen LogP contribution in [0.4, 0.5) is 0 Å². The maximum absolute atomic E-state index is 11.4. The van der Waals surface area contributed by atoms with E-state index in [1.54, 1.807) is 0 Å². The number of hydrogen-bond acceptors (Lipinski definition) is 3. The Balaban J connectivity index is 1.56. The van der Waals surface area contributed by atoms with Crippen molar-refractivity contribution in [3.05, 3.63) is 0 Å². The van der Waals surface area contributed by atoms with Gasteiger partial charge in [-0.1, -0.05) is 20.8 Å². The maximum Gasteiger partial charge on any atom is 0.303 e. The summed E-state index contributed by atoms with van der Waals surface area (Å²) in [5.74, 6) is 2.46. The molecule has 0 aliphatic heterocycles. The zero-order chi connectivity index (χ0) is 20.3. The molecular weight excluding hydrogens is 352 g/mol. The number of carboxylic acid groups (broad SMARTS) is 1. The van der Waals surface area contributed by atoms with Gasteiger partial charge in [0.2, 0.25) is 0 Å². The molecule has 28 heavy (non-hydrogen) atoms. The summed E-state index contributed by atoms with van der Waals surface area (Å²) in [6.45, 7) is 7.06. The Morgan fingerprint density at radius 2 is 1.82 bits per heavy atom. The Bertz CT molecular complexity index is 605. The molecule has 160 valence electrons. The van der Waals surface area contributed by atoms with Crippen LogP contribution in [0.1, 0.15) is 85.0 Å². The minimum absolute atomic E-state index is 0.147. The van der Waals surface area contributed by atoms with E-state index in [9.17, 15) is 15.0 Å². The van der Waals surface area contributed by atoms with E-state index in [1.165, 1.54) is 25.7 Å². The van der Waals surface area contributed by atoms with Gasteiger partial charge < -0.3 is 15.3 Å². The maximum atomic E-state index is 11.4. The van der Waals surface area contributed by atoms with E-state index in [2.05, 4.69) is 20.8 Å². The van der Waals surface area contributed by atoms with Crippen LogP contribution in [-0.2, 0) is 4.79 Å². The fourth-order valence-electron chi connectivity index (χ4n) is 8.89. The fourth-order valence-corrected chi connectivity index (χ4v) is 8.89. The van der Waals surface area contributed by atoms with Gasteiger partial charge in [0.15, 0.2) is 0 Å². The third-order valence-electron chi connectivity index (χ3n) is 10.1. The van der Waals surface area contributed by atoms with E-state index in [1.807, 2.05) is 0 Å². The molecule has 0 unspecified atom stereocenters. The summed E-state index contributed by atoms with van der Waals surface area (Å²) in [6, 6.07) is 0. The highest BCUT2D eigenvalue weighted by atomic mass is 16.4. The van der Waals surface area contributed by atoms with Gasteiger partial charge in [-0.2, -0.15) is 0 Å². The first-order chi connectivity index (χ1) is 13.2. The number of hydrogen-bond donors (Lipinski definition) is 3. The Morgan fingerprint density at radius 1 is 1.07 bits per heavy atom. The largest absolute Gasteiger partial charge is 0.481 e. The first kappa shape index (κ1) is 20.7. The van der Waals surface area contributed by atoms with Crippen LogP contribution in [0.5, 0.6) is 0 Å². The van der Waals surface area contributed by atoms with Crippen molar-refractivity contribution < 1.29 is 20.1 Å². The van der Waals surface area contributed by atoms with E-state index in [4.69, 9.17) is 5.11 Å². The van der Waals surface area contributed by atoms with E-state index in [0.717, 1.165) is 32.1 Å². The van der Waals surface area contributed by atoms with Gasteiger partial charge in [-0.3, -0.25) is 4.79 Å². The molecule has 4 aliphatic carbocycles. The van der Waals surface area contributed by atoms with E-state index < -0.39 is 5.97 Å². The molecular formula is C24H40O4. The highest BCUT2D eigenvalue weighted by molar-refractivity contribution is 5.66. The number of fused-ring (bicyclic) bond motifs is 5. The van der Waals surface area contributed by atoms with Crippen molar-refractivity contribution in [2.75, 3.05) is 0 Å². The van der Waals surface area contributed by atoms with Crippen LogP contribution in [-0.4, -0.2) is 33.5 Å². The van der Waals surface area contributed by atoms with Crippen molar-refractivity contribution in [3.63, 3.8) is 0 Å². The average Bonchev–Trinajstić information content (AvgIpc) is 2.96. The molecule has 0 saturated heterocycles. The van der Waals surface area contributed by atoms with Crippen LogP contribution < -0.4 is 0 Å². The molecule has 4 saturated carbocycles. The van der Waals surface area contributed by atoms with Gasteiger partial charge in [-0.25, -0.2) is 0 Å². The third kappa shape index (κ3) is 3.14. The Kier molecular flexibility index (Phi) is 5.36. The van der Waals surface area contributed by atoms with E-state index >= 15 is 0 Å². The molecule has 0 aromatic rings. The lowest BCUT2D eigenvalue weighted by Gasteiger charge is -2.62. The van der Waals surface area contributed by atoms with Crippen molar-refractivity contribution in [1.29, 1.82) is 0 Å². The second-order valence-electron chi connectivity index (χ2n) is 11.4. The highest BCUT2D eigenvalue weighted by Crippen LogP contribution is 2.68. The number of carbonyl (C=O) groups is 1. The van der Waals surface area contributed by atoms with Crippen molar-refractivity contribution in [3.8, 4) is 0 Å². The van der Waals surface area contributed by atoms with Crippen molar-refractivity contribution >= 4 is 5.97 Å². The standard InChI is InChI=1S/C24H40O4/c1-14(4-9-21(27)28)18-7-8-19-17-6-5-15-12-16(25)10-11-23(15,2)22(17)20(26)13-24(18,19)3/h14-20,22,25-26H,4-13H2,1-3H3,(H,27,28)/t14-,15-,16-,17+,18-,19+,20+,22-,23+,24-/m1/s1. The number of rotatable bonds is 4. The zero-order valence-corrected chi connectivity index (χ0v) is 17.9. The zero-order valence-electron chi connectivity index (χ0n) is 17.9. The average molecular weight is 393 g/mol. The molecule has 4 heteroatoms. The predicted octanol–water partition coefficient (Wildman–Crippen LogP) is 4.48. The van der Waals surface area contributed by atoms with Gasteiger partial charge in [0, 0.05) is 6.42 Å². The molecule has 0 spiro atoms. The normalized spacial score (nSPS) is 51.7. The second-order valence-corrected chi connectivity index (χ2v) is 11.4. The lowest BCUT2D eigenvalue weighted by atomic mass is 9.43. The lowest BCUT2D eigenvalue weighted by Crippen LogP contribution is -2.59. The predicted molar refractivity (Wildman–Crippen MR) is 109 cm³/mol. The highest BCUT2D eigenvalue weighted by Gasteiger charge is 2.63. The number of aliphatic hydroxyl groups excluding tert-OH is 2. The molecule has 0 radical (unpaired) electrons. The summed E-state index contributed by atoms with van der Waals surface area (Å²) in [4.78, 5) is 11.1. The van der Waals surface area contributed by atoms with Gasteiger partial charge >= 0.3 is 5.97 Å². The molecule has 0 heterocycles. The molecule has 4 fully saturated rings. The molecule has 0 aromatic heterocycles. The van der Waals surface area contributed by atoms with Gasteiger partial charge in [0.1, 0.15) is 0 Å². The lowest BCUT2D eigenvalue weighted by molar-refractivity contribution is -0.179. The third-order valence-corrected chi connectivity index (χ3v) is 10.1. The first-order valence-electron chi connectivity index (χ1n) is 11.7. The topological polar surface area (TPSA) is 77.8 Å². The summed E-state index contributed by atoms with van der Waals surface area (Å²) in [5.41, 5.74) is 0.325. The summed E-state index contributed by atoms with van der Waals surface area (Å²) in [6.07, 6.45) is 9.20. The molecule has 4 aliphatic rings. The molecule has 0 bridgehead atoms. The van der Waals surface area contributed by atoms with Crippen LogP contribution in [0.25, 0.3) is 0 Å². The van der Waals surface area contributed by atoms with E-state index in [-0.39, 0.29) is 29.5 Å². The SMILES string of the molecule is C[C@H](CCC(=O)O)[C@H]1CC[C@H]2[C@@H]3CC[C@@H]4C[C@H](O)CC[C@]4(C)[C@H]3[C@@H](O)C[C@]12C. The van der Waals surface area contributed by atoms with E-state index in [0.29, 0.717) is 35.5 Å². The summed E-state index contributed by atoms with van der Waals surface area (Å²) < 4.78 is 0. The minimum Gasteiger partial charge on any atom is -0.481 e. The van der Waals surface area contributed by atoms with Crippen LogP contribution in [0.2, 0.25) is 0 Å². The first-order valence-corrected chi connectivity index (χ1v) is 11.7. The smallest absolute Gasteiger partial charge is 0.303 e. The molecule has 3 N–H and O–H groups in total. The molecule has 4 nitrogen and oxygen atoms in total. The van der Waals surface area contributed by atoms with Crippen molar-refractivity contribution in [1.82, 2.24) is 0 Å². The molecule has 10 atom stereocenters. The number of aliphatic carboxylic acids is 1. The van der Waals surface area contributed by atoms with Crippen molar-refractivity contribution in [2.45, 2.75) is 97.2 Å². The molecule has 0 aromatic carbocycles. The van der Waals surface area contributed by atoms with Gasteiger partial charge in [-0.15, -0.1) is 0 Å². The summed E-state index contributed by atoms with van der Waals surface area (Å²) in [5, 5.41) is 30.7. The monoisotopic (exact) mass is 392 g/mol.